The largest absolute Gasteiger partial charge is 0.513 e. The number of nitrogens with zero attached hydrogens (tertiary/aromatic N) is 2. The van der Waals surface area contributed by atoms with Crippen LogP contribution >= 0.6 is 0 Å². The van der Waals surface area contributed by atoms with Crippen LogP contribution in [0, 0.1) is 0 Å². The summed E-state index contributed by atoms with van der Waals surface area (Å²) < 4.78 is 9.69. The minimum atomic E-state index is -0.679. The smallest absolute Gasteiger partial charge is 0.437 e. The highest BCUT2D eigenvalue weighted by molar-refractivity contribution is 5.69. The number of methoxy groups -OCH3 is 1. The molecule has 2 atom stereocenters. The van der Waals surface area contributed by atoms with E-state index in [-0.39, 0.29) is 5.41 Å². The van der Waals surface area contributed by atoms with Gasteiger partial charge in [-0.05, 0) is 37.2 Å². The molecule has 0 unspecified atom stereocenters. The van der Waals surface area contributed by atoms with Gasteiger partial charge in [0.25, 0.3) is 0 Å². The minimum Gasteiger partial charge on any atom is -0.437 e. The number of likely N-dealkylation sites (N-methyl/N-ethyl adjacent to an activating group) is 2. The zero-order valence-electron chi connectivity index (χ0n) is 12.3. The van der Waals surface area contributed by atoms with E-state index in [1.165, 1.54) is 18.4 Å². The van der Waals surface area contributed by atoms with Gasteiger partial charge in [0.1, 0.15) is 5.75 Å². The standard InChI is InChI=1S/C15H20N2O3/c1-15-7-8-16(2)13(15)17(3)12-6-5-10(9-11(12)15)20-14(18)19-4/h5-6,9,13H,7-8H2,1-4H3/t13-,15-/m0/s1. The average Bonchev–Trinajstić information content (AvgIpc) is 2.85. The molecular weight excluding hydrogens is 256 g/mol. The van der Waals surface area contributed by atoms with Crippen molar-refractivity contribution in [1.29, 1.82) is 0 Å². The third-order valence-corrected chi connectivity index (χ3v) is 4.67. The van der Waals surface area contributed by atoms with Crippen LogP contribution in [0.15, 0.2) is 18.2 Å². The number of likely N-dealkylation sites (tertiary alicyclic amines) is 1. The zero-order chi connectivity index (χ0) is 14.5. The van der Waals surface area contributed by atoms with Crippen LogP contribution in [0.25, 0.3) is 0 Å². The van der Waals surface area contributed by atoms with Crippen LogP contribution in [0.4, 0.5) is 10.5 Å². The van der Waals surface area contributed by atoms with Gasteiger partial charge >= 0.3 is 6.16 Å². The van der Waals surface area contributed by atoms with Gasteiger partial charge in [0, 0.05) is 24.7 Å². The van der Waals surface area contributed by atoms with E-state index >= 15 is 0 Å². The first kappa shape index (κ1) is 13.2. The summed E-state index contributed by atoms with van der Waals surface area (Å²) in [5.74, 6) is 0.542. The first-order valence-corrected chi connectivity index (χ1v) is 6.81. The van der Waals surface area contributed by atoms with Crippen molar-refractivity contribution in [2.24, 2.45) is 0 Å². The Morgan fingerprint density at radius 3 is 2.85 bits per heavy atom. The number of benzene rings is 1. The molecule has 2 aliphatic heterocycles. The normalized spacial score (nSPS) is 28.2. The molecule has 1 aromatic rings. The van der Waals surface area contributed by atoms with Crippen LogP contribution in [-0.2, 0) is 10.2 Å². The summed E-state index contributed by atoms with van der Waals surface area (Å²) in [4.78, 5) is 15.9. The SMILES string of the molecule is COC(=O)Oc1ccc2c(c1)[C@]1(C)CCN(C)[C@H]1N2C. The molecule has 1 saturated heterocycles. The van der Waals surface area contributed by atoms with Crippen LogP contribution in [-0.4, -0.2) is 45.0 Å². The van der Waals surface area contributed by atoms with Crippen molar-refractivity contribution in [1.82, 2.24) is 4.90 Å². The molecule has 0 spiro atoms. The maximum atomic E-state index is 11.2. The maximum absolute atomic E-state index is 11.2. The first-order chi connectivity index (χ1) is 9.47. The van der Waals surface area contributed by atoms with E-state index in [4.69, 9.17) is 4.74 Å². The van der Waals surface area contributed by atoms with Crippen LogP contribution < -0.4 is 9.64 Å². The lowest BCUT2D eigenvalue weighted by Crippen LogP contribution is -2.45. The van der Waals surface area contributed by atoms with Crippen molar-refractivity contribution in [2.75, 3.05) is 32.6 Å². The Hall–Kier alpha value is -1.75. The van der Waals surface area contributed by atoms with Crippen molar-refractivity contribution in [3.63, 3.8) is 0 Å². The summed E-state index contributed by atoms with van der Waals surface area (Å²) in [6.45, 7) is 3.36. The van der Waals surface area contributed by atoms with Crippen LogP contribution in [0.5, 0.6) is 5.75 Å². The fraction of sp³-hybridized carbons (Fsp3) is 0.533. The van der Waals surface area contributed by atoms with Crippen molar-refractivity contribution >= 4 is 11.8 Å². The van der Waals surface area contributed by atoms with E-state index in [1.807, 2.05) is 18.2 Å². The fourth-order valence-electron chi connectivity index (χ4n) is 3.76. The molecule has 1 fully saturated rings. The summed E-state index contributed by atoms with van der Waals surface area (Å²) in [6.07, 6.45) is 0.792. The van der Waals surface area contributed by atoms with Gasteiger partial charge in [0.2, 0.25) is 0 Å². The monoisotopic (exact) mass is 276 g/mol. The molecule has 0 aromatic heterocycles. The highest BCUT2D eigenvalue weighted by atomic mass is 16.7. The van der Waals surface area contributed by atoms with E-state index in [9.17, 15) is 4.79 Å². The number of hydrogen-bond donors (Lipinski definition) is 0. The van der Waals surface area contributed by atoms with Gasteiger partial charge in [0.05, 0.1) is 13.3 Å². The minimum absolute atomic E-state index is 0.0777. The molecule has 5 heteroatoms. The lowest BCUT2D eigenvalue weighted by molar-refractivity contribution is 0.121. The molecule has 1 aromatic carbocycles. The lowest BCUT2D eigenvalue weighted by atomic mass is 9.81. The second-order valence-electron chi connectivity index (χ2n) is 5.87. The topological polar surface area (TPSA) is 42.0 Å². The summed E-state index contributed by atoms with van der Waals surface area (Å²) in [7, 11) is 5.59. The van der Waals surface area contributed by atoms with Gasteiger partial charge in [-0.3, -0.25) is 4.90 Å². The number of hydrogen-bond acceptors (Lipinski definition) is 5. The van der Waals surface area contributed by atoms with Crippen LogP contribution in [0.2, 0.25) is 0 Å². The molecular formula is C15H20N2O3. The first-order valence-electron chi connectivity index (χ1n) is 6.81. The predicted octanol–water partition coefficient (Wildman–Crippen LogP) is 2.20. The van der Waals surface area contributed by atoms with Crippen molar-refractivity contribution in [2.45, 2.75) is 24.9 Å². The second kappa shape index (κ2) is 4.38. The van der Waals surface area contributed by atoms with Gasteiger partial charge in [0.15, 0.2) is 0 Å². The van der Waals surface area contributed by atoms with Crippen molar-refractivity contribution in [3.8, 4) is 5.75 Å². The molecule has 0 aliphatic carbocycles. The van der Waals surface area contributed by atoms with E-state index in [2.05, 4.69) is 35.6 Å². The van der Waals surface area contributed by atoms with E-state index in [0.29, 0.717) is 11.9 Å². The maximum Gasteiger partial charge on any atom is 0.513 e. The van der Waals surface area contributed by atoms with Crippen LogP contribution in [0.3, 0.4) is 0 Å². The summed E-state index contributed by atoms with van der Waals surface area (Å²) in [5, 5.41) is 0. The van der Waals surface area contributed by atoms with Gasteiger partial charge in [-0.1, -0.05) is 6.92 Å². The molecule has 0 bridgehead atoms. The Balaban J connectivity index is 2.00. The molecule has 0 N–H and O–H groups in total. The summed E-state index contributed by atoms with van der Waals surface area (Å²) in [6, 6.07) is 5.81. The summed E-state index contributed by atoms with van der Waals surface area (Å²) >= 11 is 0. The highest BCUT2D eigenvalue weighted by Gasteiger charge is 2.52. The van der Waals surface area contributed by atoms with E-state index in [0.717, 1.165) is 13.0 Å². The molecule has 2 aliphatic rings. The Labute approximate surface area is 119 Å². The molecule has 5 nitrogen and oxygen atoms in total. The molecule has 20 heavy (non-hydrogen) atoms. The Kier molecular flexibility index (Phi) is 2.90. The molecule has 0 radical (unpaired) electrons. The van der Waals surface area contributed by atoms with Gasteiger partial charge in [-0.15, -0.1) is 0 Å². The third kappa shape index (κ3) is 1.69. The Morgan fingerprint density at radius 2 is 2.15 bits per heavy atom. The number of fused-ring (bicyclic) bond motifs is 3. The quantitative estimate of drug-likeness (QED) is 0.581. The molecule has 0 amide bonds. The molecule has 3 rings (SSSR count). The fourth-order valence-corrected chi connectivity index (χ4v) is 3.76. The highest BCUT2D eigenvalue weighted by Crippen LogP contribution is 2.51. The van der Waals surface area contributed by atoms with Crippen LogP contribution in [0.1, 0.15) is 18.9 Å². The van der Waals surface area contributed by atoms with Crippen molar-refractivity contribution < 1.29 is 14.3 Å². The number of carbonyl (C=O) groups excluding carboxylic acids is 1. The Bertz CT molecular complexity index is 560. The predicted molar refractivity (Wildman–Crippen MR) is 76.3 cm³/mol. The van der Waals surface area contributed by atoms with Gasteiger partial charge < -0.3 is 14.4 Å². The van der Waals surface area contributed by atoms with Crippen molar-refractivity contribution in [3.05, 3.63) is 23.8 Å². The molecule has 108 valence electrons. The van der Waals surface area contributed by atoms with E-state index < -0.39 is 6.16 Å². The third-order valence-electron chi connectivity index (χ3n) is 4.67. The number of carbonyl (C=O) groups is 1. The average molecular weight is 276 g/mol. The molecule has 2 heterocycles. The number of rotatable bonds is 1. The second-order valence-corrected chi connectivity index (χ2v) is 5.87. The lowest BCUT2D eigenvalue weighted by Gasteiger charge is -2.32. The van der Waals surface area contributed by atoms with Gasteiger partial charge in [-0.25, -0.2) is 4.79 Å². The zero-order valence-corrected chi connectivity index (χ0v) is 12.3. The van der Waals surface area contributed by atoms with Gasteiger partial charge in [-0.2, -0.15) is 0 Å². The summed E-state index contributed by atoms with van der Waals surface area (Å²) in [5.41, 5.74) is 2.53. The molecule has 0 saturated carbocycles. The van der Waals surface area contributed by atoms with E-state index in [1.54, 1.807) is 0 Å². The Morgan fingerprint density at radius 1 is 1.40 bits per heavy atom. The number of anilines is 1. The number of ether oxygens (including phenoxy) is 2.